The van der Waals surface area contributed by atoms with Crippen LogP contribution in [0.25, 0.3) is 0 Å². The maximum absolute atomic E-state index is 11.7. The standard InChI is InChI=1S/C11H22N4O2S/c1-7(2)6-15(5-4-9(12)18)8(3)10(16)14-11(13)17/h7-8H,4-6H2,1-3H3,(H2,12,18)(H3,13,14,16,17). The summed E-state index contributed by atoms with van der Waals surface area (Å²) in [5.41, 5.74) is 10.4. The van der Waals surface area contributed by atoms with E-state index < -0.39 is 18.0 Å². The Hall–Kier alpha value is -1.21. The summed E-state index contributed by atoms with van der Waals surface area (Å²) in [5, 5.41) is 2.08. The highest BCUT2D eigenvalue weighted by molar-refractivity contribution is 7.80. The van der Waals surface area contributed by atoms with Gasteiger partial charge in [0.2, 0.25) is 5.91 Å². The number of imide groups is 1. The van der Waals surface area contributed by atoms with Crippen LogP contribution in [-0.4, -0.2) is 41.0 Å². The molecule has 0 heterocycles. The highest BCUT2D eigenvalue weighted by atomic mass is 32.1. The van der Waals surface area contributed by atoms with Gasteiger partial charge in [0.1, 0.15) is 0 Å². The van der Waals surface area contributed by atoms with Crippen LogP contribution in [0.15, 0.2) is 0 Å². The van der Waals surface area contributed by atoms with Gasteiger partial charge < -0.3 is 11.5 Å². The van der Waals surface area contributed by atoms with Crippen molar-refractivity contribution in [2.75, 3.05) is 13.1 Å². The average Bonchev–Trinajstić information content (AvgIpc) is 2.21. The van der Waals surface area contributed by atoms with E-state index in [1.54, 1.807) is 6.92 Å². The highest BCUT2D eigenvalue weighted by Gasteiger charge is 2.22. The Bertz CT molecular complexity index is 320. The van der Waals surface area contributed by atoms with Gasteiger partial charge in [-0.1, -0.05) is 26.1 Å². The Kier molecular flexibility index (Phi) is 7.45. The SMILES string of the molecule is CC(C)CN(CCC(N)=S)C(C)C(=O)NC(N)=O. The number of carbonyl (C=O) groups is 2. The van der Waals surface area contributed by atoms with Gasteiger partial charge in [0.05, 0.1) is 11.0 Å². The number of nitrogens with two attached hydrogens (primary N) is 2. The number of nitrogens with one attached hydrogen (secondary N) is 1. The minimum atomic E-state index is -0.842. The summed E-state index contributed by atoms with van der Waals surface area (Å²) in [6.45, 7) is 7.12. The molecule has 0 radical (unpaired) electrons. The molecule has 0 aliphatic carbocycles. The van der Waals surface area contributed by atoms with Crippen molar-refractivity contribution in [2.24, 2.45) is 17.4 Å². The van der Waals surface area contributed by atoms with Crippen molar-refractivity contribution in [2.45, 2.75) is 33.2 Å². The van der Waals surface area contributed by atoms with Crippen LogP contribution in [0.2, 0.25) is 0 Å². The molecule has 5 N–H and O–H groups in total. The normalized spacial score (nSPS) is 12.5. The molecule has 0 aromatic heterocycles. The Morgan fingerprint density at radius 2 is 1.83 bits per heavy atom. The largest absolute Gasteiger partial charge is 0.393 e. The van der Waals surface area contributed by atoms with Crippen LogP contribution in [0.3, 0.4) is 0 Å². The summed E-state index contributed by atoms with van der Waals surface area (Å²) in [6, 6.07) is -1.29. The first-order valence-electron chi connectivity index (χ1n) is 5.86. The van der Waals surface area contributed by atoms with Crippen molar-refractivity contribution in [3.63, 3.8) is 0 Å². The number of primary amides is 1. The zero-order valence-corrected chi connectivity index (χ0v) is 11.9. The lowest BCUT2D eigenvalue weighted by Gasteiger charge is -2.29. The number of rotatable bonds is 7. The predicted octanol–water partition coefficient (Wildman–Crippen LogP) is 0.204. The van der Waals surface area contributed by atoms with E-state index >= 15 is 0 Å². The highest BCUT2D eigenvalue weighted by Crippen LogP contribution is 2.06. The van der Waals surface area contributed by atoms with Crippen LogP contribution in [0, 0.1) is 5.92 Å². The third-order valence-corrected chi connectivity index (χ3v) is 2.62. The van der Waals surface area contributed by atoms with Gasteiger partial charge >= 0.3 is 6.03 Å². The lowest BCUT2D eigenvalue weighted by Crippen LogP contribution is -2.50. The number of urea groups is 1. The first-order valence-corrected chi connectivity index (χ1v) is 6.27. The third kappa shape index (κ3) is 7.18. The van der Waals surface area contributed by atoms with Crippen LogP contribution >= 0.6 is 12.2 Å². The van der Waals surface area contributed by atoms with E-state index in [0.29, 0.717) is 23.9 Å². The fraction of sp³-hybridized carbons (Fsp3) is 0.727. The van der Waals surface area contributed by atoms with Crippen molar-refractivity contribution in [3.8, 4) is 0 Å². The van der Waals surface area contributed by atoms with Crippen LogP contribution < -0.4 is 16.8 Å². The lowest BCUT2D eigenvalue weighted by atomic mass is 10.1. The molecular weight excluding hydrogens is 252 g/mol. The number of hydrogen-bond donors (Lipinski definition) is 3. The van der Waals surface area contributed by atoms with Gasteiger partial charge in [0.25, 0.3) is 0 Å². The fourth-order valence-electron chi connectivity index (χ4n) is 1.56. The summed E-state index contributed by atoms with van der Waals surface area (Å²) in [6.07, 6.45) is 0.538. The zero-order chi connectivity index (χ0) is 14.3. The van der Waals surface area contributed by atoms with Gasteiger partial charge in [-0.15, -0.1) is 0 Å². The first kappa shape index (κ1) is 16.8. The summed E-state index contributed by atoms with van der Waals surface area (Å²) in [4.78, 5) is 24.7. The maximum Gasteiger partial charge on any atom is 0.318 e. The topological polar surface area (TPSA) is 101 Å². The minimum Gasteiger partial charge on any atom is -0.393 e. The monoisotopic (exact) mass is 274 g/mol. The first-order chi connectivity index (χ1) is 8.23. The van der Waals surface area contributed by atoms with Gasteiger partial charge in [-0.2, -0.15) is 0 Å². The molecule has 0 saturated carbocycles. The number of amides is 3. The summed E-state index contributed by atoms with van der Waals surface area (Å²) >= 11 is 4.83. The predicted molar refractivity (Wildman–Crippen MR) is 75.0 cm³/mol. The second kappa shape index (κ2) is 7.99. The fourth-order valence-corrected chi connectivity index (χ4v) is 1.65. The molecule has 0 fully saturated rings. The number of carbonyl (C=O) groups excluding carboxylic acids is 2. The molecule has 0 bridgehead atoms. The molecule has 7 heteroatoms. The van der Waals surface area contributed by atoms with Crippen molar-refractivity contribution >= 4 is 29.1 Å². The Balaban J connectivity index is 4.56. The van der Waals surface area contributed by atoms with E-state index in [2.05, 4.69) is 5.32 Å². The molecule has 0 rings (SSSR count). The van der Waals surface area contributed by atoms with Crippen molar-refractivity contribution in [1.29, 1.82) is 0 Å². The van der Waals surface area contributed by atoms with E-state index in [1.807, 2.05) is 18.7 Å². The molecule has 6 nitrogen and oxygen atoms in total. The molecule has 1 unspecified atom stereocenters. The van der Waals surface area contributed by atoms with Gasteiger partial charge in [-0.3, -0.25) is 15.0 Å². The van der Waals surface area contributed by atoms with Gasteiger partial charge in [-0.05, 0) is 12.8 Å². The third-order valence-electron chi connectivity index (χ3n) is 2.42. The van der Waals surface area contributed by atoms with E-state index in [1.165, 1.54) is 0 Å². The molecule has 0 aromatic carbocycles. The van der Waals surface area contributed by atoms with Crippen molar-refractivity contribution < 1.29 is 9.59 Å². The minimum absolute atomic E-state index is 0.389. The van der Waals surface area contributed by atoms with E-state index in [-0.39, 0.29) is 0 Å². The lowest BCUT2D eigenvalue weighted by molar-refractivity contribution is -0.124. The van der Waals surface area contributed by atoms with Crippen LogP contribution in [0.1, 0.15) is 27.2 Å². The Labute approximate surface area is 113 Å². The molecule has 0 saturated heterocycles. The number of hydrogen-bond acceptors (Lipinski definition) is 4. The van der Waals surface area contributed by atoms with E-state index in [9.17, 15) is 9.59 Å². The molecule has 0 aliphatic rings. The molecule has 0 aromatic rings. The maximum atomic E-state index is 11.7. The van der Waals surface area contributed by atoms with E-state index in [4.69, 9.17) is 23.7 Å². The zero-order valence-electron chi connectivity index (χ0n) is 11.1. The van der Waals surface area contributed by atoms with Crippen molar-refractivity contribution in [3.05, 3.63) is 0 Å². The van der Waals surface area contributed by atoms with Crippen molar-refractivity contribution in [1.82, 2.24) is 10.2 Å². The smallest absolute Gasteiger partial charge is 0.318 e. The Morgan fingerprint density at radius 1 is 1.28 bits per heavy atom. The van der Waals surface area contributed by atoms with Gasteiger partial charge in [0.15, 0.2) is 0 Å². The quantitative estimate of drug-likeness (QED) is 0.576. The second-order valence-corrected chi connectivity index (χ2v) is 5.16. The molecule has 0 spiro atoms. The molecular formula is C11H22N4O2S. The number of nitrogens with zero attached hydrogens (tertiary/aromatic N) is 1. The summed E-state index contributed by atoms with van der Waals surface area (Å²) in [7, 11) is 0. The van der Waals surface area contributed by atoms with Gasteiger partial charge in [0, 0.05) is 19.5 Å². The van der Waals surface area contributed by atoms with E-state index in [0.717, 1.165) is 6.54 Å². The van der Waals surface area contributed by atoms with Gasteiger partial charge in [-0.25, -0.2) is 4.79 Å². The summed E-state index contributed by atoms with van der Waals surface area (Å²) < 4.78 is 0. The molecule has 18 heavy (non-hydrogen) atoms. The molecule has 1 atom stereocenters. The number of thiocarbonyl (C=S) groups is 1. The second-order valence-electron chi connectivity index (χ2n) is 4.63. The molecule has 104 valence electrons. The summed E-state index contributed by atoms with van der Waals surface area (Å²) in [5.74, 6) is -0.0220. The molecule has 0 aliphatic heterocycles. The Morgan fingerprint density at radius 3 is 2.22 bits per heavy atom. The molecule has 3 amide bonds. The average molecular weight is 274 g/mol. The van der Waals surface area contributed by atoms with Crippen LogP contribution in [-0.2, 0) is 4.79 Å². The van der Waals surface area contributed by atoms with Crippen LogP contribution in [0.4, 0.5) is 4.79 Å². The van der Waals surface area contributed by atoms with Crippen LogP contribution in [0.5, 0.6) is 0 Å².